The summed E-state index contributed by atoms with van der Waals surface area (Å²) in [5.74, 6) is -0.671. The summed E-state index contributed by atoms with van der Waals surface area (Å²) >= 11 is 5.86. The lowest BCUT2D eigenvalue weighted by Gasteiger charge is -2.25. The molecule has 0 aromatic heterocycles. The van der Waals surface area contributed by atoms with E-state index >= 15 is 0 Å². The van der Waals surface area contributed by atoms with Gasteiger partial charge in [-0.1, -0.05) is 17.7 Å². The first-order chi connectivity index (χ1) is 11.7. The molecule has 0 unspecified atom stereocenters. The predicted molar refractivity (Wildman–Crippen MR) is 95.8 cm³/mol. The van der Waals surface area contributed by atoms with Gasteiger partial charge in [-0.25, -0.2) is 4.79 Å². The number of nitrogens with two attached hydrogens (primary N) is 1. The van der Waals surface area contributed by atoms with Crippen LogP contribution in [-0.2, 0) is 9.53 Å². The number of anilines is 1. The molecule has 0 aliphatic rings. The average Bonchev–Trinajstić information content (AvgIpc) is 2.49. The molecule has 0 saturated heterocycles. The van der Waals surface area contributed by atoms with Gasteiger partial charge in [0.1, 0.15) is 17.2 Å². The monoisotopic (exact) mass is 364 g/mol. The molecule has 25 heavy (non-hydrogen) atoms. The molecule has 7 nitrogen and oxygen atoms in total. The largest absolute Gasteiger partial charge is 0.443 e. The number of hydrogen-bond acceptors (Lipinski definition) is 5. The van der Waals surface area contributed by atoms with E-state index in [1.54, 1.807) is 51.1 Å². The summed E-state index contributed by atoms with van der Waals surface area (Å²) in [5, 5.41) is 12.2. The standard InChI is InChI=1S/C17H21ClN4O3/c1-17(2,3)25-16(24)22(8-7-19)11-12(10-20)15(23)21-14-6-4-5-13(18)9-14/h4-6,9,11H,7-8,19H2,1-3H3,(H,21,23)/b12-11-. The molecule has 0 bridgehead atoms. The number of ether oxygens (including phenoxy) is 1. The zero-order chi connectivity index (χ0) is 19.0. The first kappa shape index (κ1) is 20.5. The fourth-order valence-corrected chi connectivity index (χ4v) is 1.92. The number of hydrogen-bond donors (Lipinski definition) is 2. The zero-order valence-corrected chi connectivity index (χ0v) is 15.1. The van der Waals surface area contributed by atoms with Crippen LogP contribution in [0.3, 0.4) is 0 Å². The van der Waals surface area contributed by atoms with Gasteiger partial charge in [0.2, 0.25) is 0 Å². The highest BCUT2D eigenvalue weighted by Crippen LogP contribution is 2.16. The van der Waals surface area contributed by atoms with Gasteiger partial charge in [0.15, 0.2) is 0 Å². The minimum atomic E-state index is -0.715. The van der Waals surface area contributed by atoms with Crippen LogP contribution in [0.25, 0.3) is 0 Å². The fourth-order valence-electron chi connectivity index (χ4n) is 1.73. The maximum absolute atomic E-state index is 12.2. The molecule has 0 heterocycles. The third-order valence-corrected chi connectivity index (χ3v) is 2.97. The number of nitrogens with one attached hydrogen (secondary N) is 1. The number of nitrogens with zero attached hydrogens (tertiary/aromatic N) is 2. The second-order valence-corrected chi connectivity index (χ2v) is 6.52. The van der Waals surface area contributed by atoms with Crippen molar-refractivity contribution in [1.29, 1.82) is 5.26 Å². The molecule has 1 rings (SSSR count). The van der Waals surface area contributed by atoms with Crippen molar-refractivity contribution in [3.05, 3.63) is 41.1 Å². The van der Waals surface area contributed by atoms with Crippen molar-refractivity contribution < 1.29 is 14.3 Å². The van der Waals surface area contributed by atoms with Crippen molar-refractivity contribution in [2.45, 2.75) is 26.4 Å². The van der Waals surface area contributed by atoms with Crippen molar-refractivity contribution >= 4 is 29.3 Å². The van der Waals surface area contributed by atoms with E-state index in [1.165, 1.54) is 0 Å². The molecule has 3 N–H and O–H groups in total. The summed E-state index contributed by atoms with van der Waals surface area (Å²) in [6.07, 6.45) is 0.433. The molecule has 0 fully saturated rings. The molecule has 134 valence electrons. The van der Waals surface area contributed by atoms with E-state index in [2.05, 4.69) is 5.32 Å². The number of rotatable bonds is 5. The molecule has 2 amide bonds. The molecule has 0 spiro atoms. The van der Waals surface area contributed by atoms with Crippen LogP contribution < -0.4 is 11.1 Å². The Labute approximate surface area is 152 Å². The Balaban J connectivity index is 2.97. The summed E-state index contributed by atoms with van der Waals surface area (Å²) < 4.78 is 5.24. The SMILES string of the molecule is CC(C)(C)OC(=O)N(/C=C(/C#N)C(=O)Nc1cccc(Cl)c1)CCN. The van der Waals surface area contributed by atoms with Crippen LogP contribution in [-0.4, -0.2) is 35.6 Å². The lowest BCUT2D eigenvalue weighted by molar-refractivity contribution is -0.112. The van der Waals surface area contributed by atoms with E-state index in [0.29, 0.717) is 10.7 Å². The molecule has 8 heteroatoms. The van der Waals surface area contributed by atoms with Crippen LogP contribution in [0.4, 0.5) is 10.5 Å². The van der Waals surface area contributed by atoms with Crippen LogP contribution in [0.5, 0.6) is 0 Å². The number of carbonyl (C=O) groups excluding carboxylic acids is 2. The molecule has 0 aliphatic carbocycles. The van der Waals surface area contributed by atoms with Crippen molar-refractivity contribution in [2.24, 2.45) is 5.73 Å². The minimum Gasteiger partial charge on any atom is -0.443 e. The second kappa shape index (κ2) is 9.06. The molecule has 0 saturated carbocycles. The Kier molecular flexibility index (Phi) is 7.43. The van der Waals surface area contributed by atoms with Crippen molar-refractivity contribution in [1.82, 2.24) is 4.90 Å². The van der Waals surface area contributed by atoms with Crippen molar-refractivity contribution in [2.75, 3.05) is 18.4 Å². The summed E-state index contributed by atoms with van der Waals surface area (Å²) in [6, 6.07) is 8.26. The lowest BCUT2D eigenvalue weighted by atomic mass is 10.2. The maximum atomic E-state index is 12.2. The summed E-state index contributed by atoms with van der Waals surface area (Å²) in [7, 11) is 0. The van der Waals surface area contributed by atoms with Gasteiger partial charge in [0.25, 0.3) is 5.91 Å². The van der Waals surface area contributed by atoms with Gasteiger partial charge in [0.05, 0.1) is 0 Å². The fraction of sp³-hybridized carbons (Fsp3) is 0.353. The van der Waals surface area contributed by atoms with Crippen LogP contribution in [0.1, 0.15) is 20.8 Å². The zero-order valence-electron chi connectivity index (χ0n) is 14.4. The summed E-state index contributed by atoms with van der Waals surface area (Å²) in [4.78, 5) is 25.5. The Morgan fingerprint density at radius 2 is 2.12 bits per heavy atom. The predicted octanol–water partition coefficient (Wildman–Crippen LogP) is 2.88. The molecule has 0 atom stereocenters. The van der Waals surface area contributed by atoms with Gasteiger partial charge in [-0.2, -0.15) is 5.26 Å². The van der Waals surface area contributed by atoms with Gasteiger partial charge in [-0.05, 0) is 39.0 Å². The molecular formula is C17H21ClN4O3. The molecule has 0 aliphatic heterocycles. The average molecular weight is 365 g/mol. The quantitative estimate of drug-likeness (QED) is 0.616. The number of halogens is 1. The first-order valence-corrected chi connectivity index (χ1v) is 7.92. The Bertz CT molecular complexity index is 705. The van der Waals surface area contributed by atoms with E-state index in [0.717, 1.165) is 11.1 Å². The number of benzene rings is 1. The van der Waals surface area contributed by atoms with Gasteiger partial charge in [-0.3, -0.25) is 9.69 Å². The van der Waals surface area contributed by atoms with Crippen LogP contribution in [0.2, 0.25) is 5.02 Å². The highest BCUT2D eigenvalue weighted by atomic mass is 35.5. The van der Waals surface area contributed by atoms with E-state index in [1.807, 2.05) is 0 Å². The molecule has 1 aromatic carbocycles. The molecular weight excluding hydrogens is 344 g/mol. The number of carbonyl (C=O) groups is 2. The van der Waals surface area contributed by atoms with Gasteiger partial charge >= 0.3 is 6.09 Å². The highest BCUT2D eigenvalue weighted by molar-refractivity contribution is 6.31. The van der Waals surface area contributed by atoms with Crippen LogP contribution in [0, 0.1) is 11.3 Å². The Morgan fingerprint density at radius 1 is 1.44 bits per heavy atom. The van der Waals surface area contributed by atoms with Crippen LogP contribution in [0.15, 0.2) is 36.0 Å². The van der Waals surface area contributed by atoms with Gasteiger partial charge in [-0.15, -0.1) is 0 Å². The van der Waals surface area contributed by atoms with Gasteiger partial charge < -0.3 is 15.8 Å². The van der Waals surface area contributed by atoms with Gasteiger partial charge in [0, 0.05) is 30.0 Å². The van der Waals surface area contributed by atoms with E-state index in [9.17, 15) is 14.9 Å². The second-order valence-electron chi connectivity index (χ2n) is 6.08. The van der Waals surface area contributed by atoms with Crippen LogP contribution >= 0.6 is 11.6 Å². The van der Waals surface area contributed by atoms with E-state index < -0.39 is 17.6 Å². The normalized spacial score (nSPS) is 11.4. The summed E-state index contributed by atoms with van der Waals surface area (Å²) in [6.45, 7) is 5.39. The smallest absolute Gasteiger partial charge is 0.414 e. The topological polar surface area (TPSA) is 108 Å². The van der Waals surface area contributed by atoms with Crippen molar-refractivity contribution in [3.8, 4) is 6.07 Å². The third kappa shape index (κ3) is 7.25. The number of amides is 2. The Morgan fingerprint density at radius 3 is 2.64 bits per heavy atom. The van der Waals surface area contributed by atoms with E-state index in [-0.39, 0.29) is 18.7 Å². The molecule has 1 aromatic rings. The summed E-state index contributed by atoms with van der Waals surface area (Å²) in [5.41, 5.74) is 4.94. The van der Waals surface area contributed by atoms with E-state index in [4.69, 9.17) is 22.1 Å². The first-order valence-electron chi connectivity index (χ1n) is 7.55. The molecule has 0 radical (unpaired) electrons. The minimum absolute atomic E-state index is 0.102. The maximum Gasteiger partial charge on any atom is 0.414 e. The Hall–Kier alpha value is -2.56. The third-order valence-electron chi connectivity index (χ3n) is 2.73. The number of nitriles is 1. The highest BCUT2D eigenvalue weighted by Gasteiger charge is 2.22. The van der Waals surface area contributed by atoms with Crippen molar-refractivity contribution in [3.63, 3.8) is 0 Å². The lowest BCUT2D eigenvalue weighted by Crippen LogP contribution is -2.37.